The molecule has 104 valence electrons. The summed E-state index contributed by atoms with van der Waals surface area (Å²) in [4.78, 5) is 24.7. The average Bonchev–Trinajstić information content (AvgIpc) is 2.77. The van der Waals surface area contributed by atoms with Crippen LogP contribution in [0.5, 0.6) is 0 Å². The Morgan fingerprint density at radius 2 is 2.30 bits per heavy atom. The summed E-state index contributed by atoms with van der Waals surface area (Å²) in [5.74, 6) is 0.801. The van der Waals surface area contributed by atoms with Crippen LogP contribution in [0.2, 0.25) is 5.02 Å². The molecule has 1 amide bonds. The SMILES string of the molecule is CC(=O)SCC1CC(=O)N(c2cc(Cl)cc(C#N)c2)C1. The highest BCUT2D eigenvalue weighted by Gasteiger charge is 2.31. The molecule has 0 spiro atoms. The first-order valence-corrected chi connectivity index (χ1v) is 7.50. The van der Waals surface area contributed by atoms with Crippen molar-refractivity contribution in [2.75, 3.05) is 17.2 Å². The highest BCUT2D eigenvalue weighted by Crippen LogP contribution is 2.30. The monoisotopic (exact) mass is 308 g/mol. The lowest BCUT2D eigenvalue weighted by Crippen LogP contribution is -2.24. The van der Waals surface area contributed by atoms with E-state index in [1.54, 1.807) is 23.1 Å². The van der Waals surface area contributed by atoms with Crippen LogP contribution < -0.4 is 4.90 Å². The van der Waals surface area contributed by atoms with Gasteiger partial charge in [0.05, 0.1) is 11.6 Å². The van der Waals surface area contributed by atoms with Crippen molar-refractivity contribution >= 4 is 40.1 Å². The standard InChI is InChI=1S/C14H13ClN2O2S/c1-9(18)20-8-11-4-14(19)17(7-11)13-3-10(6-16)2-12(15)5-13/h2-3,5,11H,4,7-8H2,1H3. The number of nitriles is 1. The van der Waals surface area contributed by atoms with Crippen LogP contribution in [0, 0.1) is 17.2 Å². The Balaban J connectivity index is 2.14. The van der Waals surface area contributed by atoms with Gasteiger partial charge in [0.2, 0.25) is 5.91 Å². The van der Waals surface area contributed by atoms with Gasteiger partial charge in [0.25, 0.3) is 0 Å². The van der Waals surface area contributed by atoms with Crippen LogP contribution in [0.25, 0.3) is 0 Å². The van der Waals surface area contributed by atoms with Crippen molar-refractivity contribution in [1.82, 2.24) is 0 Å². The van der Waals surface area contributed by atoms with Crippen molar-refractivity contribution in [3.05, 3.63) is 28.8 Å². The molecule has 0 bridgehead atoms. The van der Waals surface area contributed by atoms with Gasteiger partial charge in [-0.3, -0.25) is 9.59 Å². The van der Waals surface area contributed by atoms with Gasteiger partial charge in [0, 0.05) is 36.4 Å². The van der Waals surface area contributed by atoms with E-state index in [4.69, 9.17) is 16.9 Å². The number of carbonyl (C=O) groups is 2. The van der Waals surface area contributed by atoms with Gasteiger partial charge in [0.15, 0.2) is 5.12 Å². The molecule has 0 N–H and O–H groups in total. The molecule has 1 saturated heterocycles. The molecule has 1 aromatic rings. The molecule has 4 nitrogen and oxygen atoms in total. The maximum atomic E-state index is 12.0. The summed E-state index contributed by atoms with van der Waals surface area (Å²) in [7, 11) is 0. The van der Waals surface area contributed by atoms with Crippen molar-refractivity contribution in [2.24, 2.45) is 5.92 Å². The number of halogens is 1. The molecule has 0 radical (unpaired) electrons. The highest BCUT2D eigenvalue weighted by atomic mass is 35.5. The van der Waals surface area contributed by atoms with Crippen molar-refractivity contribution in [2.45, 2.75) is 13.3 Å². The van der Waals surface area contributed by atoms with E-state index in [1.165, 1.54) is 18.7 Å². The van der Waals surface area contributed by atoms with Gasteiger partial charge in [-0.2, -0.15) is 5.26 Å². The Hall–Kier alpha value is -1.51. The number of benzene rings is 1. The number of nitrogens with zero attached hydrogens (tertiary/aromatic N) is 2. The number of hydrogen-bond acceptors (Lipinski definition) is 4. The van der Waals surface area contributed by atoms with Gasteiger partial charge < -0.3 is 4.90 Å². The molecule has 1 heterocycles. The Morgan fingerprint density at radius 3 is 2.95 bits per heavy atom. The van der Waals surface area contributed by atoms with Crippen LogP contribution in [-0.4, -0.2) is 23.3 Å². The van der Waals surface area contributed by atoms with Gasteiger partial charge in [-0.1, -0.05) is 23.4 Å². The third-order valence-corrected chi connectivity index (χ3v) is 4.31. The topological polar surface area (TPSA) is 61.2 Å². The third kappa shape index (κ3) is 3.53. The summed E-state index contributed by atoms with van der Waals surface area (Å²) in [6.45, 7) is 2.08. The Morgan fingerprint density at radius 1 is 1.55 bits per heavy atom. The van der Waals surface area contributed by atoms with Crippen LogP contribution >= 0.6 is 23.4 Å². The zero-order valence-electron chi connectivity index (χ0n) is 10.9. The molecule has 20 heavy (non-hydrogen) atoms. The second kappa shape index (κ2) is 6.29. The fourth-order valence-electron chi connectivity index (χ4n) is 2.17. The molecule has 1 aliphatic heterocycles. The summed E-state index contributed by atoms with van der Waals surface area (Å²) < 4.78 is 0. The maximum Gasteiger partial charge on any atom is 0.227 e. The minimum atomic E-state index is 0.00492. The second-order valence-corrected chi connectivity index (χ2v) is 6.32. The molecule has 1 atom stereocenters. The molecular formula is C14H13ClN2O2S. The number of rotatable bonds is 3. The van der Waals surface area contributed by atoms with E-state index in [1.807, 2.05) is 6.07 Å². The van der Waals surface area contributed by atoms with E-state index in [0.29, 0.717) is 35.0 Å². The predicted octanol–water partition coefficient (Wildman–Crippen LogP) is 2.84. The van der Waals surface area contributed by atoms with Crippen LogP contribution in [0.1, 0.15) is 18.9 Å². The molecule has 6 heteroatoms. The van der Waals surface area contributed by atoms with E-state index >= 15 is 0 Å². The quantitative estimate of drug-likeness (QED) is 0.861. The first kappa shape index (κ1) is 14.9. The maximum absolute atomic E-state index is 12.0. The van der Waals surface area contributed by atoms with Crippen LogP contribution in [0.3, 0.4) is 0 Å². The van der Waals surface area contributed by atoms with Gasteiger partial charge in [0.1, 0.15) is 0 Å². The Kier molecular flexibility index (Phi) is 4.69. The highest BCUT2D eigenvalue weighted by molar-refractivity contribution is 8.13. The van der Waals surface area contributed by atoms with Crippen LogP contribution in [-0.2, 0) is 9.59 Å². The average molecular weight is 309 g/mol. The van der Waals surface area contributed by atoms with E-state index in [9.17, 15) is 9.59 Å². The lowest BCUT2D eigenvalue weighted by Gasteiger charge is -2.17. The zero-order chi connectivity index (χ0) is 14.7. The molecule has 2 rings (SSSR count). The molecule has 0 saturated carbocycles. The normalized spacial score (nSPS) is 18.1. The number of thioether (sulfide) groups is 1. The minimum absolute atomic E-state index is 0.00492. The fourth-order valence-corrected chi connectivity index (χ4v) is 3.10. The summed E-state index contributed by atoms with van der Waals surface area (Å²) in [5.41, 5.74) is 1.08. The Labute approximate surface area is 126 Å². The van der Waals surface area contributed by atoms with E-state index in [2.05, 4.69) is 0 Å². The van der Waals surface area contributed by atoms with E-state index < -0.39 is 0 Å². The number of amides is 1. The summed E-state index contributed by atoms with van der Waals surface area (Å²) in [6.07, 6.45) is 0.425. The van der Waals surface area contributed by atoms with Gasteiger partial charge in [-0.25, -0.2) is 0 Å². The molecule has 1 aromatic carbocycles. The summed E-state index contributed by atoms with van der Waals surface area (Å²) in [6, 6.07) is 6.93. The molecule has 1 aliphatic rings. The Bertz CT molecular complexity index is 597. The second-order valence-electron chi connectivity index (χ2n) is 4.69. The van der Waals surface area contributed by atoms with Gasteiger partial charge in [-0.05, 0) is 24.1 Å². The third-order valence-electron chi connectivity index (χ3n) is 3.05. The number of carbonyl (C=O) groups excluding carboxylic acids is 2. The van der Waals surface area contributed by atoms with Crippen molar-refractivity contribution in [3.8, 4) is 6.07 Å². The summed E-state index contributed by atoms with van der Waals surface area (Å²) in [5, 5.41) is 9.44. The van der Waals surface area contributed by atoms with Crippen LogP contribution in [0.4, 0.5) is 5.69 Å². The van der Waals surface area contributed by atoms with E-state index in [0.717, 1.165) is 0 Å². The smallest absolute Gasteiger partial charge is 0.227 e. The van der Waals surface area contributed by atoms with Crippen molar-refractivity contribution in [1.29, 1.82) is 5.26 Å². The minimum Gasteiger partial charge on any atom is -0.312 e. The fraction of sp³-hybridized carbons (Fsp3) is 0.357. The largest absolute Gasteiger partial charge is 0.312 e. The van der Waals surface area contributed by atoms with Gasteiger partial charge in [-0.15, -0.1) is 0 Å². The first-order chi connectivity index (χ1) is 9.49. The lowest BCUT2D eigenvalue weighted by atomic mass is 10.1. The molecule has 1 unspecified atom stereocenters. The summed E-state index contributed by atoms with van der Waals surface area (Å²) >= 11 is 7.20. The zero-order valence-corrected chi connectivity index (χ0v) is 12.5. The van der Waals surface area contributed by atoms with Crippen molar-refractivity contribution in [3.63, 3.8) is 0 Å². The van der Waals surface area contributed by atoms with E-state index in [-0.39, 0.29) is 16.9 Å². The van der Waals surface area contributed by atoms with Crippen LogP contribution in [0.15, 0.2) is 18.2 Å². The molecular weight excluding hydrogens is 296 g/mol. The van der Waals surface area contributed by atoms with Crippen molar-refractivity contribution < 1.29 is 9.59 Å². The number of anilines is 1. The first-order valence-electron chi connectivity index (χ1n) is 6.14. The molecule has 1 fully saturated rings. The molecule has 0 aliphatic carbocycles. The number of hydrogen-bond donors (Lipinski definition) is 0. The molecule has 0 aromatic heterocycles. The van der Waals surface area contributed by atoms with Gasteiger partial charge >= 0.3 is 0 Å². The lowest BCUT2D eigenvalue weighted by molar-refractivity contribution is -0.117. The predicted molar refractivity (Wildman–Crippen MR) is 79.8 cm³/mol.